The summed E-state index contributed by atoms with van der Waals surface area (Å²) in [5.41, 5.74) is -2.37. The van der Waals surface area contributed by atoms with Crippen LogP contribution in [-0.2, 0) is 19.1 Å². The SMILES string of the molecule is COC(=O)c1ccc(O)c(NC(=O)CC[C@]2(C)C(=O)C=CC34C[C@]5(C)O[C@@H](C[C@@H]5[C@H]3O)C42)c1O. The number of aliphatic hydroxyl groups excluding tert-OH is 1. The van der Waals surface area contributed by atoms with Gasteiger partial charge in [0.25, 0.3) is 0 Å². The Morgan fingerprint density at radius 2 is 2.00 bits per heavy atom. The van der Waals surface area contributed by atoms with Gasteiger partial charge in [0.2, 0.25) is 5.91 Å². The summed E-state index contributed by atoms with van der Waals surface area (Å²) in [4.78, 5) is 37.8. The quantitative estimate of drug-likeness (QED) is 0.378. The normalized spacial score (nSPS) is 39.2. The zero-order valence-electron chi connectivity index (χ0n) is 19.3. The number of esters is 1. The largest absolute Gasteiger partial charge is 0.506 e. The van der Waals surface area contributed by atoms with Crippen molar-refractivity contribution < 1.29 is 39.2 Å². The Hall–Kier alpha value is -2.91. The van der Waals surface area contributed by atoms with Crippen molar-refractivity contribution in [3.8, 4) is 11.5 Å². The average molecular weight is 472 g/mol. The molecule has 1 amide bonds. The number of amides is 1. The zero-order chi connectivity index (χ0) is 24.6. The minimum absolute atomic E-state index is 0.0344. The van der Waals surface area contributed by atoms with Crippen molar-refractivity contribution in [2.24, 2.45) is 22.7 Å². The Morgan fingerprint density at radius 3 is 2.68 bits per heavy atom. The molecule has 2 saturated heterocycles. The Labute approximate surface area is 196 Å². The van der Waals surface area contributed by atoms with Gasteiger partial charge in [0.15, 0.2) is 11.5 Å². The first kappa shape index (κ1) is 22.9. The van der Waals surface area contributed by atoms with E-state index in [1.807, 2.05) is 19.9 Å². The van der Waals surface area contributed by atoms with Crippen molar-refractivity contribution in [1.82, 2.24) is 0 Å². The molecule has 2 unspecified atom stereocenters. The third-order valence-electron chi connectivity index (χ3n) is 8.72. The van der Waals surface area contributed by atoms with Crippen LogP contribution in [0.1, 0.15) is 49.9 Å². The Bertz CT molecular complexity index is 1130. The number of rotatable bonds is 5. The number of anilines is 1. The number of benzene rings is 1. The van der Waals surface area contributed by atoms with E-state index >= 15 is 0 Å². The van der Waals surface area contributed by atoms with E-state index in [0.29, 0.717) is 12.8 Å². The number of methoxy groups -OCH3 is 1. The van der Waals surface area contributed by atoms with E-state index < -0.39 is 45.9 Å². The second-order valence-electron chi connectivity index (χ2n) is 10.5. The second kappa shape index (κ2) is 7.29. The van der Waals surface area contributed by atoms with Gasteiger partial charge in [0.05, 0.1) is 24.9 Å². The molecule has 1 aromatic carbocycles. The highest BCUT2D eigenvalue weighted by Gasteiger charge is 2.75. The van der Waals surface area contributed by atoms with Gasteiger partial charge in [0, 0.05) is 29.1 Å². The molecule has 5 aliphatic rings. The minimum Gasteiger partial charge on any atom is -0.506 e. The van der Waals surface area contributed by atoms with Gasteiger partial charge >= 0.3 is 5.97 Å². The fourth-order valence-corrected chi connectivity index (χ4v) is 7.22. The number of phenols is 2. The summed E-state index contributed by atoms with van der Waals surface area (Å²) in [5, 5.41) is 34.1. The van der Waals surface area contributed by atoms with Crippen LogP contribution in [0.25, 0.3) is 0 Å². The lowest BCUT2D eigenvalue weighted by Crippen LogP contribution is -2.60. The number of phenolic OH excluding ortho intramolecular Hbond substituents is 2. The van der Waals surface area contributed by atoms with Crippen molar-refractivity contribution in [3.05, 3.63) is 29.8 Å². The Kier molecular flexibility index (Phi) is 4.90. The molecule has 1 spiro atoms. The topological polar surface area (TPSA) is 142 Å². The van der Waals surface area contributed by atoms with Crippen LogP contribution in [0.2, 0.25) is 0 Å². The highest BCUT2D eigenvalue weighted by molar-refractivity contribution is 6.01. The fourth-order valence-electron chi connectivity index (χ4n) is 7.22. The number of ether oxygens (including phenoxy) is 2. The number of nitrogens with one attached hydrogen (secondary N) is 1. The van der Waals surface area contributed by atoms with E-state index in [4.69, 9.17) is 4.74 Å². The lowest BCUT2D eigenvalue weighted by atomic mass is 9.50. The van der Waals surface area contributed by atoms with Crippen LogP contribution in [-0.4, -0.2) is 57.9 Å². The van der Waals surface area contributed by atoms with Crippen LogP contribution in [0.5, 0.6) is 11.5 Å². The summed E-state index contributed by atoms with van der Waals surface area (Å²) >= 11 is 0. The standard InChI is InChI=1S/C25H29NO8/c1-23(8-7-17(29)26-18-14(27)5-4-12(19(18)30)22(32)33-3)16(28)6-9-25-11-24(2)13(21(25)31)10-15(34-24)20(23)25/h4-6,9,13,15,20-21,27,30-31H,7-8,10-11H2,1-3H3,(H,26,29)/t13-,15+,20?,21-,23-,24+,25?/m1/s1. The van der Waals surface area contributed by atoms with Gasteiger partial charge in [-0.25, -0.2) is 4.79 Å². The van der Waals surface area contributed by atoms with Gasteiger partial charge in [-0.1, -0.05) is 13.0 Å². The predicted octanol–water partition coefficient (Wildman–Crippen LogP) is 2.29. The summed E-state index contributed by atoms with van der Waals surface area (Å²) in [6.45, 7) is 3.86. The maximum absolute atomic E-state index is 13.1. The molecule has 182 valence electrons. The highest BCUT2D eigenvalue weighted by Crippen LogP contribution is 2.71. The van der Waals surface area contributed by atoms with E-state index in [2.05, 4.69) is 10.1 Å². The average Bonchev–Trinajstić information content (AvgIpc) is 3.14. The van der Waals surface area contributed by atoms with Crippen molar-refractivity contribution in [2.45, 2.75) is 57.3 Å². The second-order valence-corrected chi connectivity index (χ2v) is 10.5. The molecule has 1 aromatic rings. The van der Waals surface area contributed by atoms with Crippen molar-refractivity contribution >= 4 is 23.3 Å². The molecule has 4 N–H and O–H groups in total. The summed E-state index contributed by atoms with van der Waals surface area (Å²) in [6.07, 6.45) is 4.09. The molecule has 2 aliphatic heterocycles. The molecule has 3 aliphatic carbocycles. The Morgan fingerprint density at radius 1 is 1.26 bits per heavy atom. The zero-order valence-corrected chi connectivity index (χ0v) is 19.3. The molecule has 7 atom stereocenters. The predicted molar refractivity (Wildman–Crippen MR) is 119 cm³/mol. The highest BCUT2D eigenvalue weighted by atomic mass is 16.5. The van der Waals surface area contributed by atoms with E-state index in [0.717, 1.165) is 7.11 Å². The lowest BCUT2D eigenvalue weighted by molar-refractivity contribution is -0.179. The first-order valence-electron chi connectivity index (χ1n) is 11.5. The first-order chi connectivity index (χ1) is 16.0. The number of carbonyl (C=O) groups excluding carboxylic acids is 3. The van der Waals surface area contributed by atoms with Crippen LogP contribution >= 0.6 is 0 Å². The summed E-state index contributed by atoms with van der Waals surface area (Å²) in [6, 6.07) is 2.36. The number of allylic oxidation sites excluding steroid dienone is 1. The smallest absolute Gasteiger partial charge is 0.341 e. The van der Waals surface area contributed by atoms with E-state index in [1.54, 1.807) is 6.08 Å². The van der Waals surface area contributed by atoms with Crippen LogP contribution in [0.4, 0.5) is 5.69 Å². The third-order valence-corrected chi connectivity index (χ3v) is 8.72. The summed E-state index contributed by atoms with van der Waals surface area (Å²) in [7, 11) is 1.15. The van der Waals surface area contributed by atoms with Crippen molar-refractivity contribution in [2.75, 3.05) is 12.4 Å². The molecule has 0 aromatic heterocycles. The lowest BCUT2D eigenvalue weighted by Gasteiger charge is -2.56. The minimum atomic E-state index is -0.924. The van der Waals surface area contributed by atoms with Gasteiger partial charge in [-0.2, -0.15) is 0 Å². The molecule has 4 bridgehead atoms. The number of ketones is 1. The number of carbonyl (C=O) groups is 3. The van der Waals surface area contributed by atoms with Gasteiger partial charge in [-0.3, -0.25) is 9.59 Å². The molecule has 9 nitrogen and oxygen atoms in total. The van der Waals surface area contributed by atoms with Crippen LogP contribution in [0, 0.1) is 22.7 Å². The third kappa shape index (κ3) is 2.89. The molecule has 0 radical (unpaired) electrons. The number of aromatic hydroxyl groups is 2. The van der Waals surface area contributed by atoms with Gasteiger partial charge in [0.1, 0.15) is 17.0 Å². The molecular formula is C25H29NO8. The maximum atomic E-state index is 13.1. The van der Waals surface area contributed by atoms with E-state index in [-0.39, 0.29) is 47.8 Å². The Balaban J connectivity index is 1.37. The molecular weight excluding hydrogens is 442 g/mol. The molecule has 4 fully saturated rings. The van der Waals surface area contributed by atoms with Gasteiger partial charge in [-0.05, 0) is 44.4 Å². The molecule has 34 heavy (non-hydrogen) atoms. The van der Waals surface area contributed by atoms with Crippen LogP contribution in [0.15, 0.2) is 24.3 Å². The number of hydrogen-bond donors (Lipinski definition) is 4. The summed E-state index contributed by atoms with van der Waals surface area (Å²) < 4.78 is 10.9. The van der Waals surface area contributed by atoms with E-state index in [9.17, 15) is 29.7 Å². The van der Waals surface area contributed by atoms with Gasteiger partial charge in [-0.15, -0.1) is 0 Å². The molecule has 2 saturated carbocycles. The van der Waals surface area contributed by atoms with Gasteiger partial charge < -0.3 is 30.1 Å². The first-order valence-corrected chi connectivity index (χ1v) is 11.5. The maximum Gasteiger partial charge on any atom is 0.341 e. The summed E-state index contributed by atoms with van der Waals surface area (Å²) in [5.74, 6) is -2.69. The number of aliphatic hydroxyl groups is 1. The monoisotopic (exact) mass is 471 g/mol. The number of hydrogen-bond acceptors (Lipinski definition) is 8. The molecule has 9 heteroatoms. The van der Waals surface area contributed by atoms with Crippen molar-refractivity contribution in [3.63, 3.8) is 0 Å². The van der Waals surface area contributed by atoms with E-state index in [1.165, 1.54) is 12.1 Å². The molecule has 6 rings (SSSR count). The van der Waals surface area contributed by atoms with Crippen LogP contribution in [0.3, 0.4) is 0 Å². The fraction of sp³-hybridized carbons (Fsp3) is 0.560. The van der Waals surface area contributed by atoms with Crippen LogP contribution < -0.4 is 5.32 Å². The van der Waals surface area contributed by atoms with Crippen molar-refractivity contribution in [1.29, 1.82) is 0 Å². The molecule has 2 heterocycles.